The van der Waals surface area contributed by atoms with Gasteiger partial charge in [-0.15, -0.1) is 0 Å². The van der Waals surface area contributed by atoms with Crippen LogP contribution in [0.5, 0.6) is 0 Å². The number of carbonyl (C=O) groups is 1. The molecule has 1 aromatic heterocycles. The number of anilines is 1. The number of aliphatic imine (C=N–C) groups is 1. The largest absolute Gasteiger partial charge is 0.386 e. The highest BCUT2D eigenvalue weighted by Gasteiger charge is 2.62. The van der Waals surface area contributed by atoms with Crippen molar-refractivity contribution >= 4 is 33.0 Å². The zero-order chi connectivity index (χ0) is 23.3. The molecule has 4 rings (SSSR count). The number of rotatable bonds is 3. The molecule has 0 aliphatic carbocycles. The zero-order valence-corrected chi connectivity index (χ0v) is 18.1. The maximum Gasteiger partial charge on any atom is 0.274 e. The number of hydrogen-bond acceptors (Lipinski definition) is 7. The van der Waals surface area contributed by atoms with Gasteiger partial charge < -0.3 is 15.8 Å². The first-order valence-electron chi connectivity index (χ1n) is 9.65. The third kappa shape index (κ3) is 3.14. The summed E-state index contributed by atoms with van der Waals surface area (Å²) in [6, 6.07) is 6.67. The summed E-state index contributed by atoms with van der Waals surface area (Å²) in [6.07, 6.45) is 1.27. The summed E-state index contributed by atoms with van der Waals surface area (Å²) in [6.45, 7) is 9.56. The van der Waals surface area contributed by atoms with Gasteiger partial charge in [-0.1, -0.05) is 6.07 Å². The Labute approximate surface area is 184 Å². The van der Waals surface area contributed by atoms with Crippen molar-refractivity contribution in [3.63, 3.8) is 0 Å². The lowest BCUT2D eigenvalue weighted by molar-refractivity contribution is 0.102. The molecule has 3 N–H and O–H groups in total. The van der Waals surface area contributed by atoms with E-state index in [4.69, 9.17) is 17.0 Å². The Balaban J connectivity index is 1.75. The van der Waals surface area contributed by atoms with Crippen LogP contribution in [-0.2, 0) is 20.1 Å². The number of amidine groups is 1. The highest BCUT2D eigenvalue weighted by Crippen LogP contribution is 2.47. The van der Waals surface area contributed by atoms with E-state index in [-0.39, 0.29) is 41.7 Å². The monoisotopic (exact) mass is 457 g/mol. The average molecular weight is 457 g/mol. The summed E-state index contributed by atoms with van der Waals surface area (Å²) < 4.78 is 45.5. The zero-order valence-electron chi connectivity index (χ0n) is 17.3. The molecule has 2 aliphatic heterocycles. The van der Waals surface area contributed by atoms with E-state index in [2.05, 4.69) is 20.1 Å². The van der Waals surface area contributed by atoms with Gasteiger partial charge in [-0.05, 0) is 38.1 Å². The van der Waals surface area contributed by atoms with E-state index in [9.17, 15) is 17.6 Å². The van der Waals surface area contributed by atoms with Crippen LogP contribution in [0.2, 0.25) is 0 Å². The highest BCUT2D eigenvalue weighted by molar-refractivity contribution is 7.94. The minimum Gasteiger partial charge on any atom is -0.386 e. The van der Waals surface area contributed by atoms with Crippen LogP contribution in [0.3, 0.4) is 0 Å². The minimum atomic E-state index is -3.87. The second kappa shape index (κ2) is 7.36. The molecule has 0 unspecified atom stereocenters. The Bertz CT molecular complexity index is 1280. The summed E-state index contributed by atoms with van der Waals surface area (Å²) in [5, 5.41) is 1.49. The number of sulfone groups is 1. The fraction of sp³-hybridized carbons (Fsp3) is 0.333. The van der Waals surface area contributed by atoms with E-state index in [1.54, 1.807) is 0 Å². The number of carbonyl (C=O) groups excluding carboxylic acids is 1. The molecule has 32 heavy (non-hydrogen) atoms. The average Bonchev–Trinajstić information content (AvgIpc) is 3.19. The van der Waals surface area contributed by atoms with E-state index in [1.807, 2.05) is 0 Å². The van der Waals surface area contributed by atoms with E-state index in [0.717, 1.165) is 6.07 Å². The molecule has 11 heteroatoms. The number of benzene rings is 1. The third-order valence-electron chi connectivity index (χ3n) is 5.95. The first-order chi connectivity index (χ1) is 15.0. The summed E-state index contributed by atoms with van der Waals surface area (Å²) in [7, 11) is -3.87. The number of ether oxygens (including phenoxy) is 1. The van der Waals surface area contributed by atoms with Crippen molar-refractivity contribution in [2.45, 2.75) is 29.4 Å². The molecule has 0 radical (unpaired) electrons. The van der Waals surface area contributed by atoms with Gasteiger partial charge in [0, 0.05) is 17.4 Å². The number of hydrogen-bond donors (Lipinski definition) is 2. The fourth-order valence-electron chi connectivity index (χ4n) is 3.88. The number of amides is 1. The predicted octanol–water partition coefficient (Wildman–Crippen LogP) is 2.18. The number of nitrogens with one attached hydrogen (secondary N) is 1. The van der Waals surface area contributed by atoms with Crippen LogP contribution in [0.4, 0.5) is 15.8 Å². The second-order valence-corrected chi connectivity index (χ2v) is 10.8. The molecule has 1 amide bonds. The van der Waals surface area contributed by atoms with Gasteiger partial charge in [-0.3, -0.25) is 14.8 Å². The minimum absolute atomic E-state index is 0.0314. The van der Waals surface area contributed by atoms with Gasteiger partial charge in [0.15, 0.2) is 9.84 Å². The Morgan fingerprint density at radius 3 is 2.75 bits per heavy atom. The quantitative estimate of drug-likeness (QED) is 0.680. The van der Waals surface area contributed by atoms with E-state index < -0.39 is 37.1 Å². The van der Waals surface area contributed by atoms with Gasteiger partial charge in [0.25, 0.3) is 5.91 Å². The lowest BCUT2D eigenvalue weighted by Crippen LogP contribution is -2.60. The van der Waals surface area contributed by atoms with Gasteiger partial charge in [-0.2, -0.15) is 0 Å². The maximum atomic E-state index is 15.0. The SMILES string of the molecule is [C-]#[N+]c1ccc(C(=O)Nc2ccc(F)c([C@]34COC[C@H]3S(=O)(=O)C(C)(C)C(N)=N4)c2)nc1. The summed E-state index contributed by atoms with van der Waals surface area (Å²) >= 11 is 0. The Morgan fingerprint density at radius 1 is 1.34 bits per heavy atom. The van der Waals surface area contributed by atoms with Crippen molar-refractivity contribution in [3.8, 4) is 0 Å². The highest BCUT2D eigenvalue weighted by atomic mass is 32.2. The Kier molecular flexibility index (Phi) is 5.02. The third-order valence-corrected chi connectivity index (χ3v) is 8.85. The molecular formula is C21H20FN5O4S. The molecule has 0 saturated carbocycles. The smallest absolute Gasteiger partial charge is 0.274 e. The van der Waals surface area contributed by atoms with E-state index >= 15 is 0 Å². The molecule has 0 spiro atoms. The van der Waals surface area contributed by atoms with E-state index in [0.29, 0.717) is 0 Å². The number of aromatic nitrogens is 1. The molecule has 2 aromatic rings. The number of pyridine rings is 1. The molecule has 1 fully saturated rings. The maximum absolute atomic E-state index is 15.0. The van der Waals surface area contributed by atoms with Crippen LogP contribution in [-0.4, -0.2) is 48.4 Å². The topological polar surface area (TPSA) is 128 Å². The first kappa shape index (κ1) is 21.9. The first-order valence-corrected chi connectivity index (χ1v) is 11.2. The summed E-state index contributed by atoms with van der Waals surface area (Å²) in [5.41, 5.74) is 5.01. The molecule has 166 valence electrons. The molecule has 1 aromatic carbocycles. The van der Waals surface area contributed by atoms with Crippen LogP contribution in [0.25, 0.3) is 4.85 Å². The van der Waals surface area contributed by atoms with Gasteiger partial charge >= 0.3 is 0 Å². The van der Waals surface area contributed by atoms with Crippen LogP contribution >= 0.6 is 0 Å². The van der Waals surface area contributed by atoms with Crippen molar-refractivity contribution < 1.29 is 22.3 Å². The number of fused-ring (bicyclic) bond motifs is 1. The van der Waals surface area contributed by atoms with Crippen molar-refractivity contribution in [2.24, 2.45) is 10.7 Å². The van der Waals surface area contributed by atoms with Gasteiger partial charge in [0.05, 0.1) is 19.8 Å². The number of halogens is 1. The lowest BCUT2D eigenvalue weighted by Gasteiger charge is -2.41. The standard InChI is InChI=1S/C21H20FN5O4S/c1-20(2)19(23)27-21(11-31-10-17(21)32(20,29)30)14-8-12(4-6-15(14)22)26-18(28)16-7-5-13(24-3)9-25-16/h4-9,17H,10-11H2,1-2H3,(H2,23,27)(H,26,28)/t17-,21-/m1/s1. The number of nitrogens with two attached hydrogens (primary N) is 1. The molecule has 2 aliphatic rings. The van der Waals surface area contributed by atoms with Crippen molar-refractivity contribution in [1.29, 1.82) is 0 Å². The Hall–Kier alpha value is -3.36. The van der Waals surface area contributed by atoms with Gasteiger partial charge in [-0.25, -0.2) is 17.7 Å². The molecule has 0 bridgehead atoms. The van der Waals surface area contributed by atoms with Crippen molar-refractivity contribution in [3.05, 3.63) is 65.0 Å². The van der Waals surface area contributed by atoms with Crippen LogP contribution in [0.1, 0.15) is 29.9 Å². The van der Waals surface area contributed by atoms with Crippen LogP contribution in [0, 0.1) is 12.4 Å². The van der Waals surface area contributed by atoms with Crippen molar-refractivity contribution in [2.75, 3.05) is 18.5 Å². The Morgan fingerprint density at radius 2 is 2.09 bits per heavy atom. The fourth-order valence-corrected chi connectivity index (χ4v) is 5.97. The second-order valence-electron chi connectivity index (χ2n) is 8.14. The molecule has 9 nitrogen and oxygen atoms in total. The molecule has 3 heterocycles. The van der Waals surface area contributed by atoms with Gasteiger partial charge in [0.1, 0.15) is 32.9 Å². The normalized spacial score (nSPS) is 25.3. The predicted molar refractivity (Wildman–Crippen MR) is 116 cm³/mol. The van der Waals surface area contributed by atoms with Gasteiger partial charge in [0.2, 0.25) is 5.69 Å². The lowest BCUT2D eigenvalue weighted by atomic mass is 9.87. The summed E-state index contributed by atoms with van der Waals surface area (Å²) in [4.78, 5) is 24.1. The van der Waals surface area contributed by atoms with E-state index in [1.165, 1.54) is 44.3 Å². The van der Waals surface area contributed by atoms with Crippen LogP contribution in [0.15, 0.2) is 41.5 Å². The summed E-state index contributed by atoms with van der Waals surface area (Å²) in [5.74, 6) is -1.39. The van der Waals surface area contributed by atoms with Crippen LogP contribution < -0.4 is 11.1 Å². The molecule has 2 atom stereocenters. The molecular weight excluding hydrogens is 437 g/mol. The van der Waals surface area contributed by atoms with Crippen molar-refractivity contribution in [1.82, 2.24) is 4.98 Å². The molecule has 1 saturated heterocycles. The number of nitrogens with zero attached hydrogens (tertiary/aromatic N) is 3.